The van der Waals surface area contributed by atoms with E-state index in [1.54, 1.807) is 24.3 Å². The second kappa shape index (κ2) is 8.57. The van der Waals surface area contributed by atoms with Gasteiger partial charge in [0.15, 0.2) is 23.3 Å². The molecule has 7 nitrogen and oxygen atoms in total. The lowest BCUT2D eigenvalue weighted by atomic mass is 10.2. The van der Waals surface area contributed by atoms with Crippen molar-refractivity contribution in [2.75, 3.05) is 13.7 Å². The van der Waals surface area contributed by atoms with E-state index in [0.29, 0.717) is 27.1 Å². The van der Waals surface area contributed by atoms with Crippen LogP contribution in [0.2, 0.25) is 0 Å². The molecule has 1 aliphatic heterocycles. The van der Waals surface area contributed by atoms with Crippen molar-refractivity contribution in [3.05, 3.63) is 58.8 Å². The molecule has 0 atom stereocenters. The highest BCUT2D eigenvalue weighted by molar-refractivity contribution is 8.18. The van der Waals surface area contributed by atoms with E-state index in [-0.39, 0.29) is 17.5 Å². The number of aliphatic imine (C=N–C) groups is 1. The minimum atomic E-state index is -1.10. The number of nitrogens with zero attached hydrogens (tertiary/aromatic N) is 1. The number of amides is 1. The van der Waals surface area contributed by atoms with Crippen LogP contribution < -0.4 is 14.8 Å². The molecule has 0 unspecified atom stereocenters. The molecule has 0 aromatic heterocycles. The molecule has 0 saturated carbocycles. The number of carbonyl (C=O) groups is 2. The van der Waals surface area contributed by atoms with Crippen LogP contribution in [-0.2, 0) is 9.59 Å². The minimum Gasteiger partial charge on any atom is -0.493 e. The molecule has 28 heavy (non-hydrogen) atoms. The average Bonchev–Trinajstić information content (AvgIpc) is 3.01. The zero-order valence-corrected chi connectivity index (χ0v) is 15.5. The standard InChI is InChI=1S/C19H15FN2O5S/c1-26-15-8-11(2-7-14(15)27-10-17(23)24)9-16-18(25)22-19(28-16)21-13-5-3-12(20)4-6-13/h2-9H,10H2,1H3,(H,23,24)(H,21,22,25)/b16-9+. The topological polar surface area (TPSA) is 97.2 Å². The maximum atomic E-state index is 13.0. The fourth-order valence-corrected chi connectivity index (χ4v) is 3.14. The molecule has 1 heterocycles. The van der Waals surface area contributed by atoms with Gasteiger partial charge in [-0.3, -0.25) is 4.79 Å². The van der Waals surface area contributed by atoms with Gasteiger partial charge in [-0.25, -0.2) is 14.2 Å². The van der Waals surface area contributed by atoms with Crippen molar-refractivity contribution in [3.63, 3.8) is 0 Å². The van der Waals surface area contributed by atoms with E-state index in [0.717, 1.165) is 11.8 Å². The summed E-state index contributed by atoms with van der Waals surface area (Å²) >= 11 is 1.15. The third kappa shape index (κ3) is 4.89. The van der Waals surface area contributed by atoms with Gasteiger partial charge in [0, 0.05) is 0 Å². The number of halogens is 1. The Kier molecular flexibility index (Phi) is 5.95. The number of hydrogen-bond acceptors (Lipinski definition) is 6. The highest BCUT2D eigenvalue weighted by atomic mass is 32.2. The lowest BCUT2D eigenvalue weighted by molar-refractivity contribution is -0.139. The summed E-state index contributed by atoms with van der Waals surface area (Å²) in [5.74, 6) is -1.14. The molecule has 9 heteroatoms. The Morgan fingerprint density at radius 1 is 1.25 bits per heavy atom. The first kappa shape index (κ1) is 19.4. The highest BCUT2D eigenvalue weighted by Crippen LogP contribution is 2.32. The smallest absolute Gasteiger partial charge is 0.341 e. The van der Waals surface area contributed by atoms with E-state index in [1.165, 1.54) is 31.4 Å². The van der Waals surface area contributed by atoms with Crippen molar-refractivity contribution in [1.82, 2.24) is 5.32 Å². The van der Waals surface area contributed by atoms with Gasteiger partial charge in [0.05, 0.1) is 17.7 Å². The number of ether oxygens (including phenoxy) is 2. The zero-order valence-electron chi connectivity index (χ0n) is 14.6. The van der Waals surface area contributed by atoms with E-state index in [2.05, 4.69) is 10.3 Å². The van der Waals surface area contributed by atoms with E-state index in [9.17, 15) is 14.0 Å². The van der Waals surface area contributed by atoms with Crippen LogP contribution in [0.15, 0.2) is 52.4 Å². The Bertz CT molecular complexity index is 973. The number of carbonyl (C=O) groups excluding carboxylic acids is 1. The Morgan fingerprint density at radius 3 is 2.68 bits per heavy atom. The molecule has 0 bridgehead atoms. The minimum absolute atomic E-state index is 0.286. The van der Waals surface area contributed by atoms with Gasteiger partial charge in [0.2, 0.25) is 0 Å². The average molecular weight is 402 g/mol. The molecule has 2 aromatic rings. The molecule has 1 aliphatic rings. The quantitative estimate of drug-likeness (QED) is 0.721. The van der Waals surface area contributed by atoms with Gasteiger partial charge in [0.1, 0.15) is 5.82 Å². The van der Waals surface area contributed by atoms with Crippen LogP contribution in [-0.4, -0.2) is 35.9 Å². The number of benzene rings is 2. The van der Waals surface area contributed by atoms with E-state index < -0.39 is 12.6 Å². The summed E-state index contributed by atoms with van der Waals surface area (Å²) in [6, 6.07) is 10.5. The predicted octanol–water partition coefficient (Wildman–Crippen LogP) is 3.19. The number of nitrogens with one attached hydrogen (secondary N) is 1. The summed E-state index contributed by atoms with van der Waals surface area (Å²) in [7, 11) is 1.43. The van der Waals surface area contributed by atoms with Gasteiger partial charge in [-0.15, -0.1) is 0 Å². The van der Waals surface area contributed by atoms with Crippen LogP contribution in [0.1, 0.15) is 5.56 Å². The number of hydrogen-bond donors (Lipinski definition) is 2. The van der Waals surface area contributed by atoms with Crippen LogP contribution in [0.3, 0.4) is 0 Å². The van der Waals surface area contributed by atoms with Gasteiger partial charge in [-0.05, 0) is 59.8 Å². The van der Waals surface area contributed by atoms with Gasteiger partial charge >= 0.3 is 5.97 Å². The van der Waals surface area contributed by atoms with Gasteiger partial charge < -0.3 is 19.9 Å². The first-order chi connectivity index (χ1) is 13.4. The molecule has 1 fully saturated rings. The van der Waals surface area contributed by atoms with Gasteiger partial charge in [-0.2, -0.15) is 0 Å². The molecular weight excluding hydrogens is 387 g/mol. The highest BCUT2D eigenvalue weighted by Gasteiger charge is 2.24. The van der Waals surface area contributed by atoms with Crippen molar-refractivity contribution in [2.45, 2.75) is 0 Å². The molecule has 2 N–H and O–H groups in total. The molecule has 0 aliphatic carbocycles. The van der Waals surface area contributed by atoms with E-state index in [1.807, 2.05) is 0 Å². The van der Waals surface area contributed by atoms with Crippen molar-refractivity contribution in [1.29, 1.82) is 0 Å². The Balaban J connectivity index is 1.78. The van der Waals surface area contributed by atoms with Crippen molar-refractivity contribution >= 4 is 40.6 Å². The second-order valence-corrected chi connectivity index (χ2v) is 6.58. The monoisotopic (exact) mass is 402 g/mol. The first-order valence-corrected chi connectivity index (χ1v) is 8.84. The number of methoxy groups -OCH3 is 1. The molecule has 3 rings (SSSR count). The summed E-state index contributed by atoms with van der Waals surface area (Å²) in [4.78, 5) is 27.5. The Morgan fingerprint density at radius 2 is 2.00 bits per heavy atom. The maximum absolute atomic E-state index is 13.0. The molecule has 1 amide bonds. The maximum Gasteiger partial charge on any atom is 0.341 e. The van der Waals surface area contributed by atoms with Crippen LogP contribution >= 0.6 is 11.8 Å². The van der Waals surface area contributed by atoms with Crippen LogP contribution in [0.25, 0.3) is 6.08 Å². The number of rotatable bonds is 6. The normalized spacial score (nSPS) is 16.3. The number of thioether (sulfide) groups is 1. The summed E-state index contributed by atoms with van der Waals surface area (Å²) < 4.78 is 23.3. The fourth-order valence-electron chi connectivity index (χ4n) is 2.30. The van der Waals surface area contributed by atoms with Crippen molar-refractivity contribution in [2.24, 2.45) is 4.99 Å². The summed E-state index contributed by atoms with van der Waals surface area (Å²) in [6.07, 6.45) is 1.65. The Labute approximate surface area is 163 Å². The zero-order chi connectivity index (χ0) is 20.1. The third-order valence-electron chi connectivity index (χ3n) is 3.54. The van der Waals surface area contributed by atoms with Gasteiger partial charge in [-0.1, -0.05) is 6.07 Å². The Hall–Kier alpha value is -3.33. The predicted molar refractivity (Wildman–Crippen MR) is 103 cm³/mol. The van der Waals surface area contributed by atoms with Crippen LogP contribution in [0.4, 0.5) is 10.1 Å². The first-order valence-electron chi connectivity index (χ1n) is 8.02. The van der Waals surface area contributed by atoms with Gasteiger partial charge in [0.25, 0.3) is 5.91 Å². The summed E-state index contributed by atoms with van der Waals surface area (Å²) in [6.45, 7) is -0.488. The van der Waals surface area contributed by atoms with Crippen molar-refractivity contribution < 1.29 is 28.6 Å². The van der Waals surface area contributed by atoms with Crippen LogP contribution in [0.5, 0.6) is 11.5 Å². The number of aliphatic carboxylic acids is 1. The second-order valence-electron chi connectivity index (χ2n) is 5.55. The molecule has 2 aromatic carbocycles. The molecule has 144 valence electrons. The molecule has 0 radical (unpaired) electrons. The summed E-state index contributed by atoms with van der Waals surface area (Å²) in [5, 5.41) is 11.7. The number of carboxylic acids is 1. The molecule has 0 spiro atoms. The van der Waals surface area contributed by atoms with E-state index >= 15 is 0 Å². The van der Waals surface area contributed by atoms with E-state index in [4.69, 9.17) is 14.6 Å². The molecular formula is C19H15FN2O5S. The number of carboxylic acid groups (broad SMARTS) is 1. The fraction of sp³-hybridized carbons (Fsp3) is 0.105. The number of amidine groups is 1. The lowest BCUT2D eigenvalue weighted by Crippen LogP contribution is -2.19. The molecule has 1 saturated heterocycles. The SMILES string of the molecule is COc1cc(/C=C2/SC(=Nc3ccc(F)cc3)NC2=O)ccc1OCC(=O)O. The largest absolute Gasteiger partial charge is 0.493 e. The van der Waals surface area contributed by atoms with Crippen LogP contribution in [0, 0.1) is 5.82 Å². The third-order valence-corrected chi connectivity index (χ3v) is 4.45. The van der Waals surface area contributed by atoms with Crippen molar-refractivity contribution in [3.8, 4) is 11.5 Å². The lowest BCUT2D eigenvalue weighted by Gasteiger charge is -2.09. The summed E-state index contributed by atoms with van der Waals surface area (Å²) in [5.41, 5.74) is 1.19.